The number of carbonyl (C=O) groups excluding carboxylic acids is 1. The van der Waals surface area contributed by atoms with Gasteiger partial charge in [-0.2, -0.15) is 8.78 Å². The highest BCUT2D eigenvalue weighted by Gasteiger charge is 2.44. The Morgan fingerprint density at radius 1 is 1.67 bits per heavy atom. The highest BCUT2D eigenvalue weighted by Crippen LogP contribution is 2.38. The van der Waals surface area contributed by atoms with Crippen LogP contribution in [0.1, 0.15) is 17.5 Å². The molecule has 0 radical (unpaired) electrons. The number of carbonyl (C=O) groups is 1. The van der Waals surface area contributed by atoms with E-state index >= 15 is 0 Å². The highest BCUT2D eigenvalue weighted by molar-refractivity contribution is 5.80. The largest absolute Gasteiger partial charge is 0.468 e. The molecule has 0 aromatic rings. The second-order valence-corrected chi connectivity index (χ2v) is 3.73. The molecule has 1 saturated heterocycles. The molecule has 0 aliphatic carbocycles. The Morgan fingerprint density at radius 3 is 2.80 bits per heavy atom. The Bertz CT molecular complexity index is 380. The fourth-order valence-electron chi connectivity index (χ4n) is 1.79. The molecule has 15 heavy (non-hydrogen) atoms. The summed E-state index contributed by atoms with van der Waals surface area (Å²) in [5, 5.41) is 0. The van der Waals surface area contributed by atoms with Crippen LogP contribution in [0.2, 0.25) is 0 Å². The van der Waals surface area contributed by atoms with Gasteiger partial charge in [-0.25, -0.2) is 0 Å². The maximum absolute atomic E-state index is 12.8. The molecular formula is C10H15F2NO2. The number of esters is 1. The van der Waals surface area contributed by atoms with Crippen molar-refractivity contribution < 1.29 is 22.4 Å². The van der Waals surface area contributed by atoms with E-state index < -0.39 is 24.4 Å². The lowest BCUT2D eigenvalue weighted by Gasteiger charge is -2.37. The Balaban J connectivity index is 3.13. The molecular weight excluding hydrogens is 204 g/mol. The van der Waals surface area contributed by atoms with Crippen LogP contribution in [-0.2, 0) is 9.53 Å². The zero-order valence-electron chi connectivity index (χ0n) is 11.6. The van der Waals surface area contributed by atoms with Gasteiger partial charge in [0.1, 0.15) is 5.41 Å². The molecule has 0 saturated carbocycles. The SMILES string of the molecule is [2H]C([2H])([2H])N1CCC(=C(F)F)[C@](C)(C(=O)OC)C1. The number of nitrogens with zero attached hydrogens (tertiary/aromatic N) is 1. The molecule has 3 nitrogen and oxygen atoms in total. The molecule has 0 N–H and O–H groups in total. The third-order valence-corrected chi connectivity index (χ3v) is 2.67. The number of likely N-dealkylation sites (tertiary alicyclic amines) is 1. The summed E-state index contributed by atoms with van der Waals surface area (Å²) >= 11 is 0. The fraction of sp³-hybridized carbons (Fsp3) is 0.700. The van der Waals surface area contributed by atoms with E-state index in [0.29, 0.717) is 0 Å². The van der Waals surface area contributed by atoms with Gasteiger partial charge in [-0.15, -0.1) is 0 Å². The Morgan fingerprint density at radius 2 is 2.33 bits per heavy atom. The second kappa shape index (κ2) is 4.26. The van der Waals surface area contributed by atoms with E-state index in [-0.39, 0.29) is 25.1 Å². The number of rotatable bonds is 1. The molecule has 0 amide bonds. The van der Waals surface area contributed by atoms with Crippen LogP contribution in [0.5, 0.6) is 0 Å². The molecule has 0 spiro atoms. The van der Waals surface area contributed by atoms with E-state index in [0.717, 1.165) is 12.0 Å². The van der Waals surface area contributed by atoms with Gasteiger partial charge in [-0.1, -0.05) is 0 Å². The fourth-order valence-corrected chi connectivity index (χ4v) is 1.79. The average Bonchev–Trinajstić information content (AvgIpc) is 2.25. The molecule has 0 unspecified atom stereocenters. The van der Waals surface area contributed by atoms with Crippen molar-refractivity contribution in [1.82, 2.24) is 4.90 Å². The van der Waals surface area contributed by atoms with E-state index in [1.54, 1.807) is 0 Å². The molecule has 1 aliphatic rings. The maximum atomic E-state index is 12.8. The van der Waals surface area contributed by atoms with Gasteiger partial charge in [0.25, 0.3) is 6.08 Å². The van der Waals surface area contributed by atoms with Gasteiger partial charge in [0.2, 0.25) is 0 Å². The molecule has 1 heterocycles. The van der Waals surface area contributed by atoms with Gasteiger partial charge in [0.05, 0.1) is 7.11 Å². The van der Waals surface area contributed by atoms with Crippen molar-refractivity contribution in [3.8, 4) is 0 Å². The van der Waals surface area contributed by atoms with Gasteiger partial charge in [-0.05, 0) is 20.3 Å². The molecule has 5 heteroatoms. The average molecular weight is 222 g/mol. The van der Waals surface area contributed by atoms with Gasteiger partial charge in [0.15, 0.2) is 0 Å². The number of piperidine rings is 1. The van der Waals surface area contributed by atoms with Crippen LogP contribution in [-0.4, -0.2) is 38.0 Å². The van der Waals surface area contributed by atoms with Crippen molar-refractivity contribution in [3.63, 3.8) is 0 Å². The van der Waals surface area contributed by atoms with Gasteiger partial charge < -0.3 is 9.64 Å². The van der Waals surface area contributed by atoms with Gasteiger partial charge in [0, 0.05) is 22.8 Å². The topological polar surface area (TPSA) is 29.5 Å². The van der Waals surface area contributed by atoms with Gasteiger partial charge in [-0.3, -0.25) is 4.79 Å². The van der Waals surface area contributed by atoms with E-state index in [1.807, 2.05) is 0 Å². The van der Waals surface area contributed by atoms with Crippen LogP contribution in [0.4, 0.5) is 8.78 Å². The third-order valence-electron chi connectivity index (χ3n) is 2.67. The van der Waals surface area contributed by atoms with E-state index in [4.69, 9.17) is 4.11 Å². The van der Waals surface area contributed by atoms with Crippen molar-refractivity contribution >= 4 is 5.97 Å². The van der Waals surface area contributed by atoms with Gasteiger partial charge >= 0.3 is 5.97 Å². The first-order valence-electron chi connectivity index (χ1n) is 6.01. The smallest absolute Gasteiger partial charge is 0.317 e. The molecule has 0 aromatic carbocycles. The summed E-state index contributed by atoms with van der Waals surface area (Å²) in [4.78, 5) is 12.7. The third kappa shape index (κ3) is 2.17. The quantitative estimate of drug-likeness (QED) is 0.632. The zero-order valence-corrected chi connectivity index (χ0v) is 8.64. The zero-order chi connectivity index (χ0) is 14.1. The Labute approximate surface area is 91.9 Å². The second-order valence-electron chi connectivity index (χ2n) is 3.73. The van der Waals surface area contributed by atoms with Crippen LogP contribution < -0.4 is 0 Å². The number of halogens is 2. The van der Waals surface area contributed by atoms with E-state index in [2.05, 4.69) is 4.74 Å². The maximum Gasteiger partial charge on any atom is 0.317 e. The van der Waals surface area contributed by atoms with Crippen LogP contribution >= 0.6 is 0 Å². The summed E-state index contributed by atoms with van der Waals surface area (Å²) in [6.07, 6.45) is -2.10. The van der Waals surface area contributed by atoms with E-state index in [1.165, 1.54) is 6.92 Å². The minimum absolute atomic E-state index is 0.0320. The monoisotopic (exact) mass is 222 g/mol. The van der Waals surface area contributed by atoms with Crippen molar-refractivity contribution in [2.75, 3.05) is 27.2 Å². The summed E-state index contributed by atoms with van der Waals surface area (Å²) in [6, 6.07) is 0. The summed E-state index contributed by atoms with van der Waals surface area (Å²) in [5.41, 5.74) is -1.95. The molecule has 1 rings (SSSR count). The highest BCUT2D eigenvalue weighted by atomic mass is 19.3. The minimum atomic E-state index is -2.41. The Kier molecular flexibility index (Phi) is 2.33. The first kappa shape index (κ1) is 8.21. The molecule has 86 valence electrons. The molecule has 1 atom stereocenters. The predicted molar refractivity (Wildman–Crippen MR) is 51.5 cm³/mol. The summed E-state index contributed by atoms with van der Waals surface area (Å²) in [7, 11) is 1.09. The van der Waals surface area contributed by atoms with Crippen LogP contribution in [0, 0.1) is 5.41 Å². The predicted octanol–water partition coefficient (Wildman–Crippen LogP) is 1.65. The van der Waals surface area contributed by atoms with Crippen molar-refractivity contribution in [2.24, 2.45) is 5.41 Å². The molecule has 1 fully saturated rings. The van der Waals surface area contributed by atoms with Crippen LogP contribution in [0.3, 0.4) is 0 Å². The lowest BCUT2D eigenvalue weighted by atomic mass is 9.78. The standard InChI is InChI=1S/C10H15F2NO2/c1-10(9(14)15-3)6-13(2)5-4-7(10)8(11)12/h4-6H2,1-3H3/t10-/m1/s1/i2D3. The van der Waals surface area contributed by atoms with E-state index in [9.17, 15) is 13.6 Å². The lowest BCUT2D eigenvalue weighted by molar-refractivity contribution is -0.151. The first-order valence-corrected chi connectivity index (χ1v) is 4.51. The summed E-state index contributed by atoms with van der Waals surface area (Å²) < 4.78 is 52.0. The minimum Gasteiger partial charge on any atom is -0.468 e. The lowest BCUT2D eigenvalue weighted by Crippen LogP contribution is -2.46. The summed E-state index contributed by atoms with van der Waals surface area (Å²) in [6.45, 7) is -1.46. The number of ether oxygens (including phenoxy) is 1. The first-order chi connectivity index (χ1) is 8.13. The number of methoxy groups -OCH3 is 1. The van der Waals surface area contributed by atoms with Crippen LogP contribution in [0.15, 0.2) is 11.7 Å². The van der Waals surface area contributed by atoms with Crippen molar-refractivity contribution in [1.29, 1.82) is 0 Å². The van der Waals surface area contributed by atoms with Crippen molar-refractivity contribution in [3.05, 3.63) is 11.7 Å². The summed E-state index contributed by atoms with van der Waals surface area (Å²) in [5.74, 6) is -0.848. The van der Waals surface area contributed by atoms with Crippen molar-refractivity contribution in [2.45, 2.75) is 13.3 Å². The number of hydrogen-bond donors (Lipinski definition) is 0. The molecule has 1 aliphatic heterocycles. The normalized spacial score (nSPS) is 31.5. The molecule has 0 bridgehead atoms. The number of hydrogen-bond acceptors (Lipinski definition) is 3. The van der Waals surface area contributed by atoms with Crippen LogP contribution in [0.25, 0.3) is 0 Å². The molecule has 0 aromatic heterocycles. The Hall–Kier alpha value is -0.970.